The Kier molecular flexibility index (Phi) is 3.79. The van der Waals surface area contributed by atoms with E-state index in [1.807, 2.05) is 37.3 Å². The van der Waals surface area contributed by atoms with Crippen LogP contribution in [0, 0.1) is 0 Å². The molecule has 3 nitrogen and oxygen atoms in total. The van der Waals surface area contributed by atoms with Gasteiger partial charge in [-0.2, -0.15) is 0 Å². The molecular weight excluding hydrogens is 276 g/mol. The molecule has 0 saturated heterocycles. The molecule has 0 amide bonds. The highest BCUT2D eigenvalue weighted by Crippen LogP contribution is 2.29. The van der Waals surface area contributed by atoms with Gasteiger partial charge in [-0.25, -0.2) is 0 Å². The second-order valence-electron chi connectivity index (χ2n) is 5.19. The van der Waals surface area contributed by atoms with E-state index in [1.54, 1.807) is 18.2 Å². The van der Waals surface area contributed by atoms with Gasteiger partial charge >= 0.3 is 0 Å². The first-order chi connectivity index (χ1) is 10.6. The number of para-hydroxylation sites is 1. The Morgan fingerprint density at radius 1 is 1.14 bits per heavy atom. The van der Waals surface area contributed by atoms with E-state index in [0.29, 0.717) is 5.56 Å². The monoisotopic (exact) mass is 292 g/mol. The lowest BCUT2D eigenvalue weighted by molar-refractivity contribution is 0.104. The highest BCUT2D eigenvalue weighted by atomic mass is 16.5. The number of hydrogen-bond donors (Lipinski definition) is 1. The normalized spacial score (nSPS) is 16.8. The molecule has 0 aromatic heterocycles. The highest BCUT2D eigenvalue weighted by Gasteiger charge is 2.16. The van der Waals surface area contributed by atoms with Crippen LogP contribution in [0.2, 0.25) is 0 Å². The third-order valence-corrected chi connectivity index (χ3v) is 3.59. The molecule has 1 heterocycles. The summed E-state index contributed by atoms with van der Waals surface area (Å²) in [6, 6.07) is 14.0. The molecular formula is C19H16O3. The highest BCUT2D eigenvalue weighted by molar-refractivity contribution is 6.04. The van der Waals surface area contributed by atoms with Crippen LogP contribution in [0.25, 0.3) is 6.08 Å². The van der Waals surface area contributed by atoms with Crippen molar-refractivity contribution < 1.29 is 14.6 Å². The van der Waals surface area contributed by atoms with Crippen LogP contribution >= 0.6 is 0 Å². The lowest BCUT2D eigenvalue weighted by atomic mass is 10.0. The van der Waals surface area contributed by atoms with Crippen LogP contribution in [0.5, 0.6) is 11.5 Å². The maximum absolute atomic E-state index is 12.1. The number of rotatable bonds is 3. The summed E-state index contributed by atoms with van der Waals surface area (Å²) >= 11 is 0. The third kappa shape index (κ3) is 2.93. The van der Waals surface area contributed by atoms with E-state index in [2.05, 4.69) is 0 Å². The van der Waals surface area contributed by atoms with Crippen LogP contribution in [0.15, 0.2) is 66.3 Å². The Bertz CT molecular complexity index is 755. The van der Waals surface area contributed by atoms with Crippen LogP contribution < -0.4 is 4.74 Å². The Morgan fingerprint density at radius 3 is 2.64 bits per heavy atom. The summed E-state index contributed by atoms with van der Waals surface area (Å²) in [6.45, 7) is 1.96. The first kappa shape index (κ1) is 14.1. The third-order valence-electron chi connectivity index (χ3n) is 3.59. The Hall–Kier alpha value is -2.81. The van der Waals surface area contributed by atoms with Gasteiger partial charge in [-0.3, -0.25) is 4.79 Å². The topological polar surface area (TPSA) is 46.5 Å². The minimum atomic E-state index is -0.105. The average Bonchev–Trinajstić information content (AvgIpc) is 2.53. The van der Waals surface area contributed by atoms with E-state index in [0.717, 1.165) is 16.9 Å². The van der Waals surface area contributed by atoms with Crippen LogP contribution in [0.4, 0.5) is 0 Å². The van der Waals surface area contributed by atoms with Crippen molar-refractivity contribution in [3.63, 3.8) is 0 Å². The van der Waals surface area contributed by atoms with Crippen molar-refractivity contribution in [3.05, 3.63) is 77.4 Å². The van der Waals surface area contributed by atoms with E-state index < -0.39 is 0 Å². The number of fused-ring (bicyclic) bond motifs is 1. The van der Waals surface area contributed by atoms with Crippen LogP contribution in [-0.4, -0.2) is 17.0 Å². The number of phenolic OH excluding ortho intramolecular Hbond substituents is 1. The number of allylic oxidation sites excluding steroid dienone is 1. The largest absolute Gasteiger partial charge is 0.508 e. The van der Waals surface area contributed by atoms with E-state index in [1.165, 1.54) is 18.2 Å². The Balaban J connectivity index is 1.82. The number of ketones is 1. The zero-order chi connectivity index (χ0) is 15.5. The summed E-state index contributed by atoms with van der Waals surface area (Å²) in [7, 11) is 0. The number of hydrogen-bond acceptors (Lipinski definition) is 3. The molecule has 0 aliphatic carbocycles. The second kappa shape index (κ2) is 5.90. The molecule has 1 aliphatic heterocycles. The van der Waals surface area contributed by atoms with Crippen molar-refractivity contribution in [3.8, 4) is 11.5 Å². The first-order valence-electron chi connectivity index (χ1n) is 7.12. The fourth-order valence-electron chi connectivity index (χ4n) is 2.34. The molecule has 0 bridgehead atoms. The molecule has 0 fully saturated rings. The van der Waals surface area contributed by atoms with Crippen molar-refractivity contribution in [2.24, 2.45) is 0 Å². The van der Waals surface area contributed by atoms with Crippen molar-refractivity contribution in [1.82, 2.24) is 0 Å². The van der Waals surface area contributed by atoms with Crippen molar-refractivity contribution >= 4 is 11.9 Å². The zero-order valence-electron chi connectivity index (χ0n) is 12.2. The summed E-state index contributed by atoms with van der Waals surface area (Å²) in [5.41, 5.74) is 2.50. The van der Waals surface area contributed by atoms with Gasteiger partial charge in [0.15, 0.2) is 5.78 Å². The molecule has 0 radical (unpaired) electrons. The quantitative estimate of drug-likeness (QED) is 0.687. The fourth-order valence-corrected chi connectivity index (χ4v) is 2.34. The smallest absolute Gasteiger partial charge is 0.185 e. The molecule has 0 unspecified atom stereocenters. The van der Waals surface area contributed by atoms with Crippen molar-refractivity contribution in [1.29, 1.82) is 0 Å². The number of carbonyl (C=O) groups is 1. The van der Waals surface area contributed by atoms with Gasteiger partial charge in [0.1, 0.15) is 17.6 Å². The molecule has 3 rings (SSSR count). The van der Waals surface area contributed by atoms with E-state index in [-0.39, 0.29) is 17.6 Å². The molecule has 0 saturated carbocycles. The van der Waals surface area contributed by atoms with Crippen LogP contribution in [0.1, 0.15) is 22.8 Å². The van der Waals surface area contributed by atoms with E-state index in [9.17, 15) is 9.90 Å². The molecule has 1 atom stereocenters. The minimum absolute atomic E-state index is 0.0984. The number of carbonyl (C=O) groups excluding carboxylic acids is 1. The summed E-state index contributed by atoms with van der Waals surface area (Å²) in [5.74, 6) is 0.901. The number of ether oxygens (including phenoxy) is 1. The van der Waals surface area contributed by atoms with Crippen molar-refractivity contribution in [2.75, 3.05) is 0 Å². The summed E-state index contributed by atoms with van der Waals surface area (Å²) < 4.78 is 5.83. The predicted molar refractivity (Wildman–Crippen MR) is 86.1 cm³/mol. The van der Waals surface area contributed by atoms with Gasteiger partial charge in [0, 0.05) is 11.1 Å². The maximum Gasteiger partial charge on any atom is 0.185 e. The van der Waals surface area contributed by atoms with Gasteiger partial charge < -0.3 is 9.84 Å². The average molecular weight is 292 g/mol. The van der Waals surface area contributed by atoms with Gasteiger partial charge in [0.2, 0.25) is 0 Å². The summed E-state index contributed by atoms with van der Waals surface area (Å²) in [4.78, 5) is 12.1. The summed E-state index contributed by atoms with van der Waals surface area (Å²) in [5, 5.41) is 9.24. The Morgan fingerprint density at radius 2 is 1.86 bits per heavy atom. The molecule has 2 aromatic rings. The lowest BCUT2D eigenvalue weighted by Gasteiger charge is -2.22. The Labute approximate surface area is 129 Å². The first-order valence-corrected chi connectivity index (χ1v) is 7.12. The zero-order valence-corrected chi connectivity index (χ0v) is 12.2. The van der Waals surface area contributed by atoms with Crippen LogP contribution in [0.3, 0.4) is 0 Å². The number of aromatic hydroxyl groups is 1. The van der Waals surface area contributed by atoms with E-state index in [4.69, 9.17) is 4.74 Å². The van der Waals surface area contributed by atoms with E-state index >= 15 is 0 Å². The van der Waals surface area contributed by atoms with Gasteiger partial charge in [-0.05, 0) is 55.0 Å². The molecule has 22 heavy (non-hydrogen) atoms. The molecule has 3 heteroatoms. The summed E-state index contributed by atoms with van der Waals surface area (Å²) in [6.07, 6.45) is 5.25. The predicted octanol–water partition coefficient (Wildman–Crippen LogP) is 4.00. The molecule has 110 valence electrons. The second-order valence-corrected chi connectivity index (χ2v) is 5.19. The van der Waals surface area contributed by atoms with Crippen LogP contribution in [-0.2, 0) is 0 Å². The lowest BCUT2D eigenvalue weighted by Crippen LogP contribution is -2.17. The van der Waals surface area contributed by atoms with Gasteiger partial charge in [-0.1, -0.05) is 24.3 Å². The fraction of sp³-hybridized carbons (Fsp3) is 0.105. The molecule has 1 aliphatic rings. The van der Waals surface area contributed by atoms with Gasteiger partial charge in [0.05, 0.1) is 0 Å². The van der Waals surface area contributed by atoms with Gasteiger partial charge in [0.25, 0.3) is 0 Å². The molecule has 2 aromatic carbocycles. The standard InChI is InChI=1S/C19H16O3/c1-13-15(12-16-4-2-3-5-19(16)22-13)8-11-18(21)14-6-9-17(20)10-7-14/h2-13,20H,1H3/t13-/m1/s1. The SMILES string of the molecule is C[C@H]1Oc2ccccc2C=C1C=CC(=O)c1ccc(O)cc1. The minimum Gasteiger partial charge on any atom is -0.508 e. The van der Waals surface area contributed by atoms with Gasteiger partial charge in [-0.15, -0.1) is 0 Å². The number of benzene rings is 2. The van der Waals surface area contributed by atoms with Crippen molar-refractivity contribution in [2.45, 2.75) is 13.0 Å². The number of phenols is 1. The maximum atomic E-state index is 12.1. The molecule has 0 spiro atoms. The molecule has 1 N–H and O–H groups in total.